The number of anilines is 2. The second-order valence-corrected chi connectivity index (χ2v) is 7.46. The lowest BCUT2D eigenvalue weighted by atomic mass is 10.1. The molecule has 5 nitrogen and oxygen atoms in total. The molecule has 2 heterocycles. The van der Waals surface area contributed by atoms with Gasteiger partial charge in [-0.1, -0.05) is 26.0 Å². The highest BCUT2D eigenvalue weighted by Crippen LogP contribution is 2.29. The van der Waals surface area contributed by atoms with Gasteiger partial charge in [0.15, 0.2) is 5.78 Å². The minimum absolute atomic E-state index is 0.0229. The van der Waals surface area contributed by atoms with Crippen molar-refractivity contribution in [3.05, 3.63) is 59.1 Å². The van der Waals surface area contributed by atoms with Gasteiger partial charge in [-0.05, 0) is 42.8 Å². The molecule has 0 aliphatic rings. The molecule has 2 aromatic heterocycles. The van der Waals surface area contributed by atoms with Crippen LogP contribution >= 0.6 is 11.3 Å². The van der Waals surface area contributed by atoms with E-state index in [4.69, 9.17) is 0 Å². The minimum atomic E-state index is -0.535. The van der Waals surface area contributed by atoms with E-state index in [1.807, 2.05) is 56.3 Å². The highest BCUT2D eigenvalue weighted by molar-refractivity contribution is 7.17. The van der Waals surface area contributed by atoms with Crippen LogP contribution in [0.1, 0.15) is 42.1 Å². The number of hydrogen-bond acceptors (Lipinski definition) is 6. The van der Waals surface area contributed by atoms with Gasteiger partial charge in [-0.2, -0.15) is 0 Å². The number of Topliss-reactive ketones (excluding diaryl/α,β-unsaturated/α-hetero) is 1. The number of aromatic nitrogens is 2. The number of thiophene rings is 1. The molecular formula is C20H21N3O2S. The van der Waals surface area contributed by atoms with Crippen molar-refractivity contribution in [2.45, 2.75) is 26.9 Å². The zero-order valence-corrected chi connectivity index (χ0v) is 15.7. The van der Waals surface area contributed by atoms with Crippen molar-refractivity contribution in [3.8, 4) is 10.6 Å². The molecule has 0 amide bonds. The summed E-state index contributed by atoms with van der Waals surface area (Å²) in [6.07, 6.45) is 1.15. The number of benzene rings is 1. The highest BCUT2D eigenvalue weighted by Gasteiger charge is 2.14. The smallest absolute Gasteiger partial charge is 0.227 e. The Morgan fingerprint density at radius 3 is 2.69 bits per heavy atom. The van der Waals surface area contributed by atoms with E-state index >= 15 is 0 Å². The molecule has 3 rings (SSSR count). The average Bonchev–Trinajstić information content (AvgIpc) is 3.11. The second-order valence-electron chi connectivity index (χ2n) is 6.37. The summed E-state index contributed by atoms with van der Waals surface area (Å²) < 4.78 is 0. The average molecular weight is 367 g/mol. The van der Waals surface area contributed by atoms with Gasteiger partial charge < -0.3 is 10.4 Å². The third kappa shape index (κ3) is 4.15. The van der Waals surface area contributed by atoms with E-state index in [1.54, 1.807) is 13.1 Å². The molecule has 3 aromatic rings. The van der Waals surface area contributed by atoms with Gasteiger partial charge in [-0.15, -0.1) is 11.3 Å². The van der Waals surface area contributed by atoms with Crippen LogP contribution in [-0.2, 0) is 0 Å². The number of aliphatic hydroxyl groups is 1. The first-order valence-electron chi connectivity index (χ1n) is 8.46. The Hall–Kier alpha value is -2.57. The fourth-order valence-electron chi connectivity index (χ4n) is 2.45. The molecule has 0 fully saturated rings. The molecule has 0 spiro atoms. The van der Waals surface area contributed by atoms with Crippen molar-refractivity contribution in [1.29, 1.82) is 0 Å². The largest absolute Gasteiger partial charge is 0.389 e. The Bertz CT molecular complexity index is 919. The van der Waals surface area contributed by atoms with E-state index in [2.05, 4.69) is 15.3 Å². The number of ketones is 1. The molecule has 1 atom stereocenters. The molecular weight excluding hydrogens is 346 g/mol. The van der Waals surface area contributed by atoms with Crippen molar-refractivity contribution < 1.29 is 9.90 Å². The third-order valence-electron chi connectivity index (χ3n) is 3.91. The lowest BCUT2D eigenvalue weighted by Gasteiger charge is -2.09. The standard InChI is InChI=1S/C20H21N3O2S/c1-12(2)19(25)18-8-7-17(26-18)16-9-10-21-20(23-16)22-15-6-4-5-14(11-15)13(3)24/h4-13,24H,1-3H3,(H,21,22,23). The van der Waals surface area contributed by atoms with Crippen LogP contribution in [0, 0.1) is 5.92 Å². The highest BCUT2D eigenvalue weighted by atomic mass is 32.1. The van der Waals surface area contributed by atoms with Gasteiger partial charge in [0.1, 0.15) is 0 Å². The van der Waals surface area contributed by atoms with Crippen LogP contribution < -0.4 is 5.32 Å². The Morgan fingerprint density at radius 2 is 1.96 bits per heavy atom. The van der Waals surface area contributed by atoms with Gasteiger partial charge in [-0.25, -0.2) is 9.97 Å². The van der Waals surface area contributed by atoms with Gasteiger partial charge in [0.2, 0.25) is 5.95 Å². The van der Waals surface area contributed by atoms with Crippen molar-refractivity contribution in [1.82, 2.24) is 9.97 Å². The summed E-state index contributed by atoms with van der Waals surface area (Å²) in [6.45, 7) is 5.52. The van der Waals surface area contributed by atoms with E-state index in [0.29, 0.717) is 5.95 Å². The fourth-order valence-corrected chi connectivity index (χ4v) is 3.52. The van der Waals surface area contributed by atoms with Crippen molar-refractivity contribution in [2.75, 3.05) is 5.32 Å². The summed E-state index contributed by atoms with van der Waals surface area (Å²) in [6, 6.07) is 13.1. The van der Waals surface area contributed by atoms with Crippen LogP contribution in [0.15, 0.2) is 48.7 Å². The zero-order chi connectivity index (χ0) is 18.7. The molecule has 0 aliphatic heterocycles. The van der Waals surface area contributed by atoms with Gasteiger partial charge >= 0.3 is 0 Å². The van der Waals surface area contributed by atoms with E-state index in [-0.39, 0.29) is 11.7 Å². The maximum absolute atomic E-state index is 12.1. The number of nitrogens with one attached hydrogen (secondary N) is 1. The first-order valence-corrected chi connectivity index (χ1v) is 9.28. The van der Waals surface area contributed by atoms with E-state index in [9.17, 15) is 9.90 Å². The maximum atomic E-state index is 12.1. The summed E-state index contributed by atoms with van der Waals surface area (Å²) >= 11 is 1.44. The Kier molecular flexibility index (Phi) is 5.44. The Morgan fingerprint density at radius 1 is 1.15 bits per heavy atom. The molecule has 0 bridgehead atoms. The number of aliphatic hydroxyl groups excluding tert-OH is 1. The molecule has 1 aromatic carbocycles. The lowest BCUT2D eigenvalue weighted by Crippen LogP contribution is -2.04. The molecule has 26 heavy (non-hydrogen) atoms. The Labute approximate surface area is 156 Å². The first-order chi connectivity index (χ1) is 12.4. The topological polar surface area (TPSA) is 75.1 Å². The summed E-state index contributed by atoms with van der Waals surface area (Å²) in [5.74, 6) is 0.587. The van der Waals surface area contributed by atoms with Gasteiger partial charge in [0.05, 0.1) is 21.6 Å². The SMILES string of the molecule is CC(C)C(=O)c1ccc(-c2ccnc(Nc3cccc(C(C)O)c3)n2)s1. The second kappa shape index (κ2) is 7.76. The molecule has 0 radical (unpaired) electrons. The lowest BCUT2D eigenvalue weighted by molar-refractivity contribution is 0.0943. The minimum Gasteiger partial charge on any atom is -0.389 e. The number of carbonyl (C=O) groups is 1. The van der Waals surface area contributed by atoms with Crippen molar-refractivity contribution in [2.24, 2.45) is 5.92 Å². The number of hydrogen-bond donors (Lipinski definition) is 2. The van der Waals surface area contributed by atoms with Gasteiger partial charge in [0.25, 0.3) is 0 Å². The normalized spacial score (nSPS) is 12.2. The zero-order valence-electron chi connectivity index (χ0n) is 14.9. The Balaban J connectivity index is 1.83. The van der Waals surface area contributed by atoms with Crippen molar-refractivity contribution in [3.63, 3.8) is 0 Å². The molecule has 6 heteroatoms. The van der Waals surface area contributed by atoms with Crippen LogP contribution in [0.2, 0.25) is 0 Å². The molecule has 1 unspecified atom stereocenters. The van der Waals surface area contributed by atoms with Crippen LogP contribution in [0.3, 0.4) is 0 Å². The number of nitrogens with zero attached hydrogens (tertiary/aromatic N) is 2. The number of rotatable bonds is 6. The molecule has 0 saturated carbocycles. The quantitative estimate of drug-likeness (QED) is 0.610. The van der Waals surface area contributed by atoms with Gasteiger partial charge in [-0.3, -0.25) is 4.79 Å². The summed E-state index contributed by atoms with van der Waals surface area (Å²) in [5, 5.41) is 12.9. The van der Waals surface area contributed by atoms with E-state index < -0.39 is 6.10 Å². The molecule has 0 aliphatic carbocycles. The predicted octanol–water partition coefficient (Wildman–Crippen LogP) is 4.84. The van der Waals surface area contributed by atoms with Crippen LogP contribution in [0.4, 0.5) is 11.6 Å². The summed E-state index contributed by atoms with van der Waals surface area (Å²) in [7, 11) is 0. The predicted molar refractivity (Wildman–Crippen MR) is 105 cm³/mol. The van der Waals surface area contributed by atoms with Crippen LogP contribution in [-0.4, -0.2) is 20.9 Å². The summed E-state index contributed by atoms with van der Waals surface area (Å²) in [4.78, 5) is 22.6. The maximum Gasteiger partial charge on any atom is 0.227 e. The molecule has 2 N–H and O–H groups in total. The monoisotopic (exact) mass is 367 g/mol. The van der Waals surface area contributed by atoms with E-state index in [1.165, 1.54) is 11.3 Å². The fraction of sp³-hybridized carbons (Fsp3) is 0.250. The molecule has 0 saturated heterocycles. The summed E-state index contributed by atoms with van der Waals surface area (Å²) in [5.41, 5.74) is 2.39. The third-order valence-corrected chi connectivity index (χ3v) is 5.03. The van der Waals surface area contributed by atoms with Gasteiger partial charge in [0, 0.05) is 17.8 Å². The number of carbonyl (C=O) groups excluding carboxylic acids is 1. The van der Waals surface area contributed by atoms with Crippen LogP contribution in [0.25, 0.3) is 10.6 Å². The van der Waals surface area contributed by atoms with Crippen molar-refractivity contribution >= 4 is 28.8 Å². The van der Waals surface area contributed by atoms with Crippen LogP contribution in [0.5, 0.6) is 0 Å². The molecule has 134 valence electrons. The van der Waals surface area contributed by atoms with E-state index in [0.717, 1.165) is 26.7 Å². The first kappa shape index (κ1) is 18.2.